The van der Waals surface area contributed by atoms with Crippen LogP contribution in [0, 0.1) is 0 Å². The van der Waals surface area contributed by atoms with Gasteiger partial charge in [0.2, 0.25) is 0 Å². The molecule has 1 N–H and O–H groups in total. The summed E-state index contributed by atoms with van der Waals surface area (Å²) in [6, 6.07) is 44.0. The molecule has 4 heteroatoms. The molecule has 0 amide bonds. The minimum absolute atomic E-state index is 0.0607. The van der Waals surface area contributed by atoms with Crippen LogP contribution in [0.5, 0.6) is 23.0 Å². The van der Waals surface area contributed by atoms with Crippen LogP contribution in [0.15, 0.2) is 132 Å². The second-order valence-electron chi connectivity index (χ2n) is 10.6. The second kappa shape index (κ2) is 8.51. The third-order valence-electron chi connectivity index (χ3n) is 8.19. The predicted octanol–water partition coefficient (Wildman–Crippen LogP) is 10.3. The lowest BCUT2D eigenvalue weighted by atomic mass is 9.84. The van der Waals surface area contributed by atoms with E-state index in [1.54, 1.807) is 0 Å². The summed E-state index contributed by atoms with van der Waals surface area (Å²) in [4.78, 5) is 3.62. The Hall–Kier alpha value is -5.48. The van der Waals surface area contributed by atoms with Crippen LogP contribution in [-0.4, -0.2) is 4.98 Å². The summed E-state index contributed by atoms with van der Waals surface area (Å²) >= 11 is 0. The van der Waals surface area contributed by atoms with Crippen molar-refractivity contribution < 1.29 is 13.9 Å². The number of aromatic amines is 1. The van der Waals surface area contributed by atoms with Crippen molar-refractivity contribution in [2.45, 2.75) is 5.92 Å². The molecular weight excluding hydrogens is 506 g/mol. The molecule has 6 aromatic carbocycles. The van der Waals surface area contributed by atoms with Crippen LogP contribution < -0.4 is 9.47 Å². The van der Waals surface area contributed by atoms with Crippen LogP contribution in [0.4, 0.5) is 0 Å². The Morgan fingerprint density at radius 3 is 1.88 bits per heavy atom. The van der Waals surface area contributed by atoms with Gasteiger partial charge in [-0.25, -0.2) is 0 Å². The molecule has 4 nitrogen and oxygen atoms in total. The fourth-order valence-electron chi connectivity index (χ4n) is 6.28. The molecule has 8 aromatic rings. The second-order valence-corrected chi connectivity index (χ2v) is 10.6. The monoisotopic (exact) mass is 529 g/mol. The molecule has 1 aliphatic rings. The zero-order valence-corrected chi connectivity index (χ0v) is 21.9. The van der Waals surface area contributed by atoms with Crippen LogP contribution in [0.3, 0.4) is 0 Å². The van der Waals surface area contributed by atoms with Gasteiger partial charge in [-0.05, 0) is 65.2 Å². The van der Waals surface area contributed by atoms with Crippen LogP contribution in [0.25, 0.3) is 43.7 Å². The number of fused-ring (bicyclic) bond motifs is 8. The summed E-state index contributed by atoms with van der Waals surface area (Å²) in [5, 5.41) is 4.69. The van der Waals surface area contributed by atoms with Crippen molar-refractivity contribution in [3.8, 4) is 23.0 Å². The van der Waals surface area contributed by atoms with Crippen molar-refractivity contribution in [1.29, 1.82) is 0 Å². The minimum atomic E-state index is -0.0607. The van der Waals surface area contributed by atoms with Gasteiger partial charge in [-0.1, -0.05) is 78.9 Å². The maximum atomic E-state index is 6.31. The smallest absolute Gasteiger partial charge is 0.170 e. The number of rotatable bonds is 3. The quantitative estimate of drug-likeness (QED) is 0.232. The number of H-pyrrole nitrogens is 1. The molecule has 0 bridgehead atoms. The Labute approximate surface area is 235 Å². The third-order valence-corrected chi connectivity index (χ3v) is 8.19. The topological polar surface area (TPSA) is 47.4 Å². The maximum absolute atomic E-state index is 6.31. The molecule has 194 valence electrons. The van der Waals surface area contributed by atoms with Gasteiger partial charge in [0.1, 0.15) is 11.2 Å². The summed E-state index contributed by atoms with van der Waals surface area (Å²) in [5.74, 6) is 2.81. The molecule has 0 fully saturated rings. The first kappa shape index (κ1) is 22.3. The van der Waals surface area contributed by atoms with E-state index in [-0.39, 0.29) is 5.92 Å². The molecule has 3 heterocycles. The SMILES string of the molecule is c1ccc2c(c1)Oc1ccc(C(c3ccc4c(c3)[nH]c3ccccc34)c3ccc4c(c3)oc3ccccc34)cc1O2. The Morgan fingerprint density at radius 1 is 0.415 bits per heavy atom. The molecular formula is C37H23NO3. The average Bonchev–Trinajstić information content (AvgIpc) is 3.57. The number of furan rings is 1. The van der Waals surface area contributed by atoms with Gasteiger partial charge in [0.25, 0.3) is 0 Å². The van der Waals surface area contributed by atoms with E-state index in [9.17, 15) is 0 Å². The van der Waals surface area contributed by atoms with Gasteiger partial charge >= 0.3 is 0 Å². The number of ether oxygens (including phenoxy) is 2. The van der Waals surface area contributed by atoms with Gasteiger partial charge in [0, 0.05) is 38.5 Å². The molecule has 41 heavy (non-hydrogen) atoms. The van der Waals surface area contributed by atoms with E-state index in [1.165, 1.54) is 16.3 Å². The lowest BCUT2D eigenvalue weighted by Crippen LogP contribution is -2.05. The van der Waals surface area contributed by atoms with E-state index < -0.39 is 0 Å². The highest BCUT2D eigenvalue weighted by atomic mass is 16.6. The van der Waals surface area contributed by atoms with Gasteiger partial charge in [0.05, 0.1) is 0 Å². The number of benzene rings is 6. The average molecular weight is 530 g/mol. The van der Waals surface area contributed by atoms with E-state index in [1.807, 2.05) is 42.5 Å². The van der Waals surface area contributed by atoms with Gasteiger partial charge < -0.3 is 18.9 Å². The minimum Gasteiger partial charge on any atom is -0.456 e. The molecule has 0 spiro atoms. The number of hydrogen-bond donors (Lipinski definition) is 1. The number of aromatic nitrogens is 1. The molecule has 1 unspecified atom stereocenters. The Bertz CT molecular complexity index is 2180. The van der Waals surface area contributed by atoms with Crippen molar-refractivity contribution in [2.24, 2.45) is 0 Å². The number of hydrogen-bond acceptors (Lipinski definition) is 3. The highest BCUT2D eigenvalue weighted by molar-refractivity contribution is 6.07. The van der Waals surface area contributed by atoms with Gasteiger partial charge in [-0.2, -0.15) is 0 Å². The molecule has 2 aromatic heterocycles. The molecule has 9 rings (SSSR count). The van der Waals surface area contributed by atoms with E-state index in [0.29, 0.717) is 11.5 Å². The summed E-state index contributed by atoms with van der Waals surface area (Å²) < 4.78 is 18.8. The van der Waals surface area contributed by atoms with Crippen molar-refractivity contribution >= 4 is 43.7 Å². The highest BCUT2D eigenvalue weighted by Gasteiger charge is 2.24. The van der Waals surface area contributed by atoms with E-state index in [4.69, 9.17) is 13.9 Å². The number of para-hydroxylation sites is 4. The Balaban J connectivity index is 1.24. The lowest BCUT2D eigenvalue weighted by molar-refractivity contribution is 0.359. The highest BCUT2D eigenvalue weighted by Crippen LogP contribution is 2.47. The first-order chi connectivity index (χ1) is 20.3. The number of nitrogens with one attached hydrogen (secondary N) is 1. The summed E-state index contributed by atoms with van der Waals surface area (Å²) in [5.41, 5.74) is 7.46. The summed E-state index contributed by atoms with van der Waals surface area (Å²) in [6.07, 6.45) is 0. The van der Waals surface area contributed by atoms with Crippen molar-refractivity contribution in [3.63, 3.8) is 0 Å². The Kier molecular flexibility index (Phi) is 4.64. The van der Waals surface area contributed by atoms with Crippen molar-refractivity contribution in [3.05, 3.63) is 144 Å². The standard InChI is InChI=1S/C37H23NO3/c1-3-9-29-25(7-1)26-16-13-22(19-30(26)38-29)37(23-14-17-28-27-8-2-4-10-31(27)39-35(28)20-23)24-15-18-34-36(21-24)41-33-12-6-5-11-32(33)40-34/h1-21,37-38H. The van der Waals surface area contributed by atoms with Gasteiger partial charge in [-0.15, -0.1) is 0 Å². The molecule has 0 aliphatic carbocycles. The Morgan fingerprint density at radius 2 is 1.00 bits per heavy atom. The van der Waals surface area contributed by atoms with Crippen molar-refractivity contribution in [1.82, 2.24) is 4.98 Å². The van der Waals surface area contributed by atoms with E-state index in [2.05, 4.69) is 89.9 Å². The largest absolute Gasteiger partial charge is 0.456 e. The van der Waals surface area contributed by atoms with Gasteiger partial charge in [0.15, 0.2) is 23.0 Å². The van der Waals surface area contributed by atoms with E-state index >= 15 is 0 Å². The van der Waals surface area contributed by atoms with Crippen molar-refractivity contribution in [2.75, 3.05) is 0 Å². The summed E-state index contributed by atoms with van der Waals surface area (Å²) in [7, 11) is 0. The maximum Gasteiger partial charge on any atom is 0.170 e. The van der Waals surface area contributed by atoms with E-state index in [0.717, 1.165) is 55.6 Å². The predicted molar refractivity (Wildman–Crippen MR) is 164 cm³/mol. The van der Waals surface area contributed by atoms with Crippen LogP contribution in [0.1, 0.15) is 22.6 Å². The molecule has 0 radical (unpaired) electrons. The fraction of sp³-hybridized carbons (Fsp3) is 0.0270. The molecule has 0 saturated heterocycles. The molecule has 1 aliphatic heterocycles. The fourth-order valence-corrected chi connectivity index (χ4v) is 6.28. The van der Waals surface area contributed by atoms with Crippen LogP contribution in [0.2, 0.25) is 0 Å². The van der Waals surface area contributed by atoms with Crippen LogP contribution >= 0.6 is 0 Å². The third kappa shape index (κ3) is 3.47. The lowest BCUT2D eigenvalue weighted by Gasteiger charge is -2.24. The zero-order chi connectivity index (χ0) is 26.9. The molecule has 1 atom stereocenters. The zero-order valence-electron chi connectivity index (χ0n) is 21.9. The van der Waals surface area contributed by atoms with Crippen LogP contribution in [-0.2, 0) is 0 Å². The first-order valence-corrected chi connectivity index (χ1v) is 13.8. The first-order valence-electron chi connectivity index (χ1n) is 13.8. The molecule has 0 saturated carbocycles. The van der Waals surface area contributed by atoms with Gasteiger partial charge in [-0.3, -0.25) is 0 Å². The normalized spacial score (nSPS) is 13.2. The summed E-state index contributed by atoms with van der Waals surface area (Å²) in [6.45, 7) is 0.